The van der Waals surface area contributed by atoms with Crippen molar-refractivity contribution in [1.29, 1.82) is 0 Å². The van der Waals surface area contributed by atoms with Crippen molar-refractivity contribution < 1.29 is 14.6 Å². The van der Waals surface area contributed by atoms with Gasteiger partial charge in [0.2, 0.25) is 5.91 Å². The number of ether oxygens (including phenoxy) is 1. The molecule has 1 aliphatic carbocycles. The summed E-state index contributed by atoms with van der Waals surface area (Å²) in [5, 5.41) is 14.9. The zero-order valence-electron chi connectivity index (χ0n) is 13.5. The van der Waals surface area contributed by atoms with Crippen LogP contribution in [0.15, 0.2) is 6.07 Å². The Hall–Kier alpha value is -1.40. The normalized spacial score (nSPS) is 24.1. The van der Waals surface area contributed by atoms with E-state index in [0.717, 1.165) is 56.6 Å². The summed E-state index contributed by atoms with van der Waals surface area (Å²) in [5.41, 5.74) is 1.83. The minimum Gasteiger partial charge on any atom is -0.386 e. The Labute approximate surface area is 136 Å². The number of carbonyl (C=O) groups excluding carboxylic acids is 1. The van der Waals surface area contributed by atoms with Crippen LogP contribution in [-0.4, -0.2) is 45.5 Å². The number of nitrogens with zero attached hydrogens (tertiary/aromatic N) is 3. The molecule has 6 heteroatoms. The molecule has 0 radical (unpaired) electrons. The molecule has 1 atom stereocenters. The van der Waals surface area contributed by atoms with E-state index in [0.29, 0.717) is 25.7 Å². The van der Waals surface area contributed by atoms with Gasteiger partial charge in [-0.2, -0.15) is 5.10 Å². The SMILES string of the molecule is O=C(C1CCOCC1)N1CCCn2nc([C@H](O)C3CC3)cc2C1. The summed E-state index contributed by atoms with van der Waals surface area (Å²) >= 11 is 0. The third kappa shape index (κ3) is 3.15. The van der Waals surface area contributed by atoms with Crippen molar-refractivity contribution in [2.75, 3.05) is 19.8 Å². The smallest absolute Gasteiger partial charge is 0.226 e. The van der Waals surface area contributed by atoms with Crippen LogP contribution in [0.1, 0.15) is 49.6 Å². The van der Waals surface area contributed by atoms with Gasteiger partial charge in [-0.25, -0.2) is 0 Å². The Kier molecular flexibility index (Phi) is 4.11. The Morgan fingerprint density at radius 3 is 2.78 bits per heavy atom. The second-order valence-corrected chi connectivity index (χ2v) is 7.07. The van der Waals surface area contributed by atoms with E-state index in [-0.39, 0.29) is 11.8 Å². The largest absolute Gasteiger partial charge is 0.386 e. The summed E-state index contributed by atoms with van der Waals surface area (Å²) in [6, 6.07) is 2.00. The number of aliphatic hydroxyl groups is 1. The Morgan fingerprint density at radius 1 is 1.26 bits per heavy atom. The Balaban J connectivity index is 1.48. The monoisotopic (exact) mass is 319 g/mol. The second kappa shape index (κ2) is 6.24. The van der Waals surface area contributed by atoms with Crippen molar-refractivity contribution in [3.63, 3.8) is 0 Å². The van der Waals surface area contributed by atoms with E-state index in [1.807, 2.05) is 15.6 Å². The highest BCUT2D eigenvalue weighted by molar-refractivity contribution is 5.79. The molecular formula is C17H25N3O3. The molecule has 3 heterocycles. The van der Waals surface area contributed by atoms with Gasteiger partial charge in [0.25, 0.3) is 0 Å². The number of aromatic nitrogens is 2. The lowest BCUT2D eigenvalue weighted by molar-refractivity contribution is -0.139. The van der Waals surface area contributed by atoms with Gasteiger partial charge >= 0.3 is 0 Å². The van der Waals surface area contributed by atoms with Crippen LogP contribution in [0, 0.1) is 11.8 Å². The first kappa shape index (κ1) is 15.1. The van der Waals surface area contributed by atoms with Crippen molar-refractivity contribution in [1.82, 2.24) is 14.7 Å². The molecule has 6 nitrogen and oxygen atoms in total. The highest BCUT2D eigenvalue weighted by atomic mass is 16.5. The van der Waals surface area contributed by atoms with Crippen LogP contribution in [0.2, 0.25) is 0 Å². The van der Waals surface area contributed by atoms with Gasteiger partial charge in [0.15, 0.2) is 0 Å². The maximum Gasteiger partial charge on any atom is 0.226 e. The number of hydrogen-bond acceptors (Lipinski definition) is 4. The molecule has 1 saturated carbocycles. The van der Waals surface area contributed by atoms with Crippen molar-refractivity contribution in [3.05, 3.63) is 17.5 Å². The van der Waals surface area contributed by atoms with Crippen molar-refractivity contribution >= 4 is 5.91 Å². The minimum absolute atomic E-state index is 0.106. The number of hydrogen-bond donors (Lipinski definition) is 1. The van der Waals surface area contributed by atoms with Gasteiger partial charge in [-0.3, -0.25) is 9.48 Å². The molecule has 1 saturated heterocycles. The molecule has 2 fully saturated rings. The average molecular weight is 319 g/mol. The van der Waals surface area contributed by atoms with Gasteiger partial charge < -0.3 is 14.7 Å². The van der Waals surface area contributed by atoms with Gasteiger partial charge in [0, 0.05) is 32.2 Å². The predicted molar refractivity (Wildman–Crippen MR) is 83.5 cm³/mol. The lowest BCUT2D eigenvalue weighted by Gasteiger charge is -2.28. The minimum atomic E-state index is -0.436. The zero-order valence-corrected chi connectivity index (χ0v) is 13.5. The van der Waals surface area contributed by atoms with E-state index in [1.54, 1.807) is 0 Å². The number of carbonyl (C=O) groups is 1. The van der Waals surface area contributed by atoms with Crippen LogP contribution in [0.25, 0.3) is 0 Å². The molecule has 4 rings (SSSR count). The van der Waals surface area contributed by atoms with Gasteiger partial charge in [-0.05, 0) is 44.1 Å². The highest BCUT2D eigenvalue weighted by Gasteiger charge is 2.34. The van der Waals surface area contributed by atoms with E-state index in [2.05, 4.69) is 5.10 Å². The maximum atomic E-state index is 12.8. The molecule has 2 aliphatic heterocycles. The number of fused-ring (bicyclic) bond motifs is 1. The van der Waals surface area contributed by atoms with Crippen LogP contribution in [0.5, 0.6) is 0 Å². The highest BCUT2D eigenvalue weighted by Crippen LogP contribution is 2.40. The van der Waals surface area contributed by atoms with E-state index in [4.69, 9.17) is 4.74 Å². The van der Waals surface area contributed by atoms with Crippen LogP contribution in [-0.2, 0) is 22.6 Å². The quantitative estimate of drug-likeness (QED) is 0.916. The first-order valence-electron chi connectivity index (χ1n) is 8.83. The summed E-state index contributed by atoms with van der Waals surface area (Å²) in [5.74, 6) is 0.746. The molecule has 23 heavy (non-hydrogen) atoms. The van der Waals surface area contributed by atoms with Gasteiger partial charge in [-0.15, -0.1) is 0 Å². The summed E-state index contributed by atoms with van der Waals surface area (Å²) in [6.45, 7) is 3.62. The molecule has 0 unspecified atom stereocenters. The Morgan fingerprint density at radius 2 is 2.04 bits per heavy atom. The van der Waals surface area contributed by atoms with Crippen molar-refractivity contribution in [3.8, 4) is 0 Å². The summed E-state index contributed by atoms with van der Waals surface area (Å²) in [6.07, 6.45) is 4.34. The number of aryl methyl sites for hydroxylation is 1. The fourth-order valence-electron chi connectivity index (χ4n) is 3.67. The van der Waals surface area contributed by atoms with E-state index >= 15 is 0 Å². The predicted octanol–water partition coefficient (Wildman–Crippen LogP) is 1.49. The molecule has 126 valence electrons. The lowest BCUT2D eigenvalue weighted by atomic mass is 9.98. The number of rotatable bonds is 3. The molecule has 0 bridgehead atoms. The van der Waals surface area contributed by atoms with Gasteiger partial charge in [-0.1, -0.05) is 0 Å². The Bertz CT molecular complexity index is 576. The maximum absolute atomic E-state index is 12.8. The summed E-state index contributed by atoms with van der Waals surface area (Å²) in [7, 11) is 0. The van der Waals surface area contributed by atoms with E-state index < -0.39 is 6.10 Å². The van der Waals surface area contributed by atoms with E-state index in [1.165, 1.54) is 0 Å². The molecule has 1 aromatic rings. The average Bonchev–Trinajstić information content (AvgIpc) is 3.38. The first-order valence-corrected chi connectivity index (χ1v) is 8.83. The van der Waals surface area contributed by atoms with E-state index in [9.17, 15) is 9.90 Å². The molecule has 0 spiro atoms. The lowest BCUT2D eigenvalue weighted by Crippen LogP contribution is -2.38. The number of amides is 1. The van der Waals surface area contributed by atoms with Crippen molar-refractivity contribution in [2.24, 2.45) is 11.8 Å². The van der Waals surface area contributed by atoms with Crippen LogP contribution in [0.3, 0.4) is 0 Å². The number of aliphatic hydroxyl groups excluding tert-OH is 1. The summed E-state index contributed by atoms with van der Waals surface area (Å²) in [4.78, 5) is 14.7. The third-order valence-electron chi connectivity index (χ3n) is 5.29. The van der Waals surface area contributed by atoms with Crippen molar-refractivity contribution in [2.45, 2.75) is 51.3 Å². The first-order chi connectivity index (χ1) is 11.2. The third-order valence-corrected chi connectivity index (χ3v) is 5.29. The van der Waals surface area contributed by atoms with Crippen LogP contribution < -0.4 is 0 Å². The molecule has 1 N–H and O–H groups in total. The standard InChI is InChI=1S/C17H25N3O3/c21-16(12-2-3-12)15-10-14-11-19(6-1-7-20(14)18-15)17(22)13-4-8-23-9-5-13/h10,12-13,16,21H,1-9,11H2/t16-/m1/s1. The molecular weight excluding hydrogens is 294 g/mol. The van der Waals surface area contributed by atoms with Gasteiger partial charge in [0.05, 0.1) is 17.9 Å². The van der Waals surface area contributed by atoms with Crippen LogP contribution >= 0.6 is 0 Å². The molecule has 1 amide bonds. The van der Waals surface area contributed by atoms with Crippen LogP contribution in [0.4, 0.5) is 0 Å². The van der Waals surface area contributed by atoms with Gasteiger partial charge in [0.1, 0.15) is 6.10 Å². The summed E-state index contributed by atoms with van der Waals surface area (Å²) < 4.78 is 7.35. The topological polar surface area (TPSA) is 67.6 Å². The fraction of sp³-hybridized carbons (Fsp3) is 0.765. The molecule has 0 aromatic carbocycles. The zero-order chi connectivity index (χ0) is 15.8. The molecule has 3 aliphatic rings. The molecule has 1 aromatic heterocycles. The fourth-order valence-corrected chi connectivity index (χ4v) is 3.67. The second-order valence-electron chi connectivity index (χ2n) is 7.07.